The second-order valence-corrected chi connectivity index (χ2v) is 3.66. The van der Waals surface area contributed by atoms with E-state index in [2.05, 4.69) is 10.6 Å². The number of nitrogens with two attached hydrogens (primary N) is 1. The van der Waals surface area contributed by atoms with Gasteiger partial charge < -0.3 is 21.1 Å². The first kappa shape index (κ1) is 14.0. The molecule has 0 radical (unpaired) electrons. The summed E-state index contributed by atoms with van der Waals surface area (Å²) in [7, 11) is 0. The zero-order chi connectivity index (χ0) is 13.4. The van der Waals surface area contributed by atoms with Gasteiger partial charge in [-0.2, -0.15) is 0 Å². The molecule has 1 aromatic rings. The van der Waals surface area contributed by atoms with E-state index in [0.29, 0.717) is 18.8 Å². The molecule has 0 aliphatic heterocycles. The number of nitrogens with one attached hydrogen (secondary N) is 2. The fraction of sp³-hybridized carbons (Fsp3) is 0.333. The molecule has 0 bridgehead atoms. The molecular weight excluding hydrogens is 234 g/mol. The van der Waals surface area contributed by atoms with Gasteiger partial charge in [-0.05, 0) is 17.7 Å². The number of amides is 2. The van der Waals surface area contributed by atoms with Crippen molar-refractivity contribution in [1.29, 1.82) is 0 Å². The van der Waals surface area contributed by atoms with Crippen LogP contribution in [0.4, 0.5) is 10.5 Å². The molecule has 1 aromatic carbocycles. The Labute approximate surface area is 105 Å². The smallest absolute Gasteiger partial charge is 0.407 e. The van der Waals surface area contributed by atoms with E-state index in [0.717, 1.165) is 5.56 Å². The number of alkyl carbamates (subject to hydrolysis) is 1. The molecule has 0 atom stereocenters. The molecule has 0 aliphatic rings. The predicted octanol–water partition coefficient (Wildman–Crippen LogP) is 0.830. The Hall–Kier alpha value is -2.08. The molecule has 0 saturated carbocycles. The lowest BCUT2D eigenvalue weighted by molar-refractivity contribution is -0.114. The first-order chi connectivity index (χ1) is 8.61. The third kappa shape index (κ3) is 5.31. The van der Waals surface area contributed by atoms with Crippen LogP contribution in [0.5, 0.6) is 0 Å². The van der Waals surface area contributed by atoms with Crippen LogP contribution in [0.2, 0.25) is 0 Å². The fourth-order valence-corrected chi connectivity index (χ4v) is 1.34. The van der Waals surface area contributed by atoms with E-state index in [1.54, 1.807) is 18.2 Å². The second-order valence-electron chi connectivity index (χ2n) is 3.66. The molecule has 1 rings (SSSR count). The number of hydrogen-bond donors (Lipinski definition) is 3. The van der Waals surface area contributed by atoms with Crippen LogP contribution in [-0.4, -0.2) is 25.2 Å². The maximum Gasteiger partial charge on any atom is 0.407 e. The van der Waals surface area contributed by atoms with Crippen LogP contribution in [0.1, 0.15) is 12.5 Å². The molecule has 98 valence electrons. The van der Waals surface area contributed by atoms with E-state index >= 15 is 0 Å². The normalized spacial score (nSPS) is 9.67. The van der Waals surface area contributed by atoms with Crippen LogP contribution >= 0.6 is 0 Å². The van der Waals surface area contributed by atoms with Crippen molar-refractivity contribution in [3.05, 3.63) is 29.8 Å². The minimum Gasteiger partial charge on any atom is -0.448 e. The second kappa shape index (κ2) is 7.29. The molecule has 0 unspecified atom stereocenters. The molecule has 6 heteroatoms. The summed E-state index contributed by atoms with van der Waals surface area (Å²) >= 11 is 0. The number of ether oxygens (including phenoxy) is 1. The highest BCUT2D eigenvalue weighted by molar-refractivity contribution is 5.88. The number of benzene rings is 1. The van der Waals surface area contributed by atoms with Crippen molar-refractivity contribution >= 4 is 17.7 Å². The molecule has 0 aliphatic carbocycles. The summed E-state index contributed by atoms with van der Waals surface area (Å²) in [6, 6.07) is 7.20. The van der Waals surface area contributed by atoms with Crippen molar-refractivity contribution in [3.63, 3.8) is 0 Å². The minimum absolute atomic E-state index is 0.137. The van der Waals surface area contributed by atoms with E-state index in [4.69, 9.17) is 10.5 Å². The molecule has 0 spiro atoms. The van der Waals surface area contributed by atoms with Crippen molar-refractivity contribution in [2.45, 2.75) is 13.5 Å². The van der Waals surface area contributed by atoms with Crippen molar-refractivity contribution in [2.75, 3.05) is 18.5 Å². The highest BCUT2D eigenvalue weighted by Gasteiger charge is 2.02. The molecular formula is C12H17N3O3. The minimum atomic E-state index is -0.509. The average molecular weight is 251 g/mol. The van der Waals surface area contributed by atoms with E-state index < -0.39 is 6.09 Å². The molecule has 0 heterocycles. The Bertz CT molecular complexity index is 421. The lowest BCUT2D eigenvalue weighted by Crippen LogP contribution is -2.26. The summed E-state index contributed by atoms with van der Waals surface area (Å²) in [5.74, 6) is -0.137. The summed E-state index contributed by atoms with van der Waals surface area (Å²) in [5, 5.41) is 5.25. The molecule has 0 aromatic heterocycles. The SMILES string of the molecule is CC(=O)Nc1cccc(CNC(=O)OCCN)c1. The quantitative estimate of drug-likeness (QED) is 0.722. The number of carbonyl (C=O) groups excluding carboxylic acids is 2. The van der Waals surface area contributed by atoms with E-state index in [9.17, 15) is 9.59 Å². The standard InChI is InChI=1S/C12H17N3O3/c1-9(16)15-11-4-2-3-10(7-11)8-14-12(17)18-6-5-13/h2-4,7H,5-6,8,13H2,1H3,(H,14,17)(H,15,16). The maximum atomic E-state index is 11.2. The lowest BCUT2D eigenvalue weighted by Gasteiger charge is -2.08. The van der Waals surface area contributed by atoms with Gasteiger partial charge in [0.15, 0.2) is 0 Å². The maximum absolute atomic E-state index is 11.2. The lowest BCUT2D eigenvalue weighted by atomic mass is 10.2. The highest BCUT2D eigenvalue weighted by Crippen LogP contribution is 2.10. The fourth-order valence-electron chi connectivity index (χ4n) is 1.34. The number of rotatable bonds is 5. The van der Waals surface area contributed by atoms with Gasteiger partial charge in [-0.25, -0.2) is 4.79 Å². The van der Waals surface area contributed by atoms with E-state index in [-0.39, 0.29) is 12.5 Å². The van der Waals surface area contributed by atoms with E-state index in [1.807, 2.05) is 6.07 Å². The topological polar surface area (TPSA) is 93.5 Å². The van der Waals surface area contributed by atoms with Gasteiger partial charge in [0.1, 0.15) is 6.61 Å². The van der Waals surface area contributed by atoms with E-state index in [1.165, 1.54) is 6.92 Å². The third-order valence-electron chi connectivity index (χ3n) is 2.04. The van der Waals surface area contributed by atoms with Gasteiger partial charge >= 0.3 is 6.09 Å². The Kier molecular flexibility index (Phi) is 5.66. The summed E-state index contributed by atoms with van der Waals surface area (Å²) < 4.78 is 4.76. The molecule has 2 amide bonds. The monoisotopic (exact) mass is 251 g/mol. The Morgan fingerprint density at radius 2 is 2.17 bits per heavy atom. The summed E-state index contributed by atoms with van der Waals surface area (Å²) in [4.78, 5) is 22.1. The van der Waals surface area contributed by atoms with Gasteiger partial charge in [-0.3, -0.25) is 4.79 Å². The first-order valence-electron chi connectivity index (χ1n) is 5.59. The number of carbonyl (C=O) groups is 2. The average Bonchev–Trinajstić information content (AvgIpc) is 2.33. The van der Waals surface area contributed by atoms with Gasteiger partial charge in [0, 0.05) is 25.7 Å². The molecule has 4 N–H and O–H groups in total. The van der Waals surface area contributed by atoms with Crippen molar-refractivity contribution in [2.24, 2.45) is 5.73 Å². The van der Waals surface area contributed by atoms with Crippen LogP contribution in [0, 0.1) is 0 Å². The summed E-state index contributed by atoms with van der Waals surface area (Å²) in [5.41, 5.74) is 6.76. The van der Waals surface area contributed by atoms with Gasteiger partial charge in [0.05, 0.1) is 0 Å². The number of anilines is 1. The predicted molar refractivity (Wildman–Crippen MR) is 68.0 cm³/mol. The summed E-state index contributed by atoms with van der Waals surface area (Å²) in [6.07, 6.45) is -0.509. The van der Waals surface area contributed by atoms with Crippen LogP contribution in [0.3, 0.4) is 0 Å². The zero-order valence-electron chi connectivity index (χ0n) is 10.2. The highest BCUT2D eigenvalue weighted by atomic mass is 16.5. The zero-order valence-corrected chi connectivity index (χ0v) is 10.2. The Morgan fingerprint density at radius 3 is 2.83 bits per heavy atom. The van der Waals surface area contributed by atoms with Crippen molar-refractivity contribution < 1.29 is 14.3 Å². The summed E-state index contributed by atoms with van der Waals surface area (Å²) in [6.45, 7) is 2.26. The van der Waals surface area contributed by atoms with Gasteiger partial charge in [0.25, 0.3) is 0 Å². The number of hydrogen-bond acceptors (Lipinski definition) is 4. The van der Waals surface area contributed by atoms with Crippen molar-refractivity contribution in [1.82, 2.24) is 5.32 Å². The van der Waals surface area contributed by atoms with Crippen LogP contribution < -0.4 is 16.4 Å². The molecule has 0 saturated heterocycles. The first-order valence-corrected chi connectivity index (χ1v) is 5.59. The molecule has 6 nitrogen and oxygen atoms in total. The molecule has 0 fully saturated rings. The van der Waals surface area contributed by atoms with Gasteiger partial charge in [0.2, 0.25) is 5.91 Å². The van der Waals surface area contributed by atoms with Gasteiger partial charge in [-0.15, -0.1) is 0 Å². The largest absolute Gasteiger partial charge is 0.448 e. The third-order valence-corrected chi connectivity index (χ3v) is 2.04. The van der Waals surface area contributed by atoms with Crippen molar-refractivity contribution in [3.8, 4) is 0 Å². The van der Waals surface area contributed by atoms with Crippen LogP contribution in [0.25, 0.3) is 0 Å². The van der Waals surface area contributed by atoms with Crippen LogP contribution in [-0.2, 0) is 16.1 Å². The Morgan fingerprint density at radius 1 is 1.39 bits per heavy atom. The molecule has 18 heavy (non-hydrogen) atoms. The van der Waals surface area contributed by atoms with Gasteiger partial charge in [-0.1, -0.05) is 12.1 Å². The van der Waals surface area contributed by atoms with Crippen LogP contribution in [0.15, 0.2) is 24.3 Å². The Balaban J connectivity index is 2.47.